The molecule has 0 amide bonds. The van der Waals surface area contributed by atoms with Crippen LogP contribution in [0.15, 0.2) is 35.1 Å². The molecular formula is C22H27N3O4. The van der Waals surface area contributed by atoms with Crippen LogP contribution < -0.4 is 19.8 Å². The van der Waals surface area contributed by atoms with Crippen LogP contribution in [0, 0.1) is 6.92 Å². The van der Waals surface area contributed by atoms with E-state index in [1.54, 1.807) is 33.5 Å². The summed E-state index contributed by atoms with van der Waals surface area (Å²) in [7, 11) is 4.78. The minimum absolute atomic E-state index is 0.199. The third kappa shape index (κ3) is 4.51. The monoisotopic (exact) mass is 397 g/mol. The Morgan fingerprint density at radius 3 is 2.31 bits per heavy atom. The minimum atomic E-state index is -0.199. The van der Waals surface area contributed by atoms with Gasteiger partial charge in [0, 0.05) is 18.2 Å². The highest BCUT2D eigenvalue weighted by Crippen LogP contribution is 2.30. The van der Waals surface area contributed by atoms with Crippen LogP contribution in [-0.4, -0.2) is 42.7 Å². The molecule has 0 unspecified atom stereocenters. The number of nitrogens with one attached hydrogen (secondary N) is 1. The third-order valence-electron chi connectivity index (χ3n) is 4.91. The Morgan fingerprint density at radius 1 is 0.966 bits per heavy atom. The summed E-state index contributed by atoms with van der Waals surface area (Å²) in [6.07, 6.45) is 0. The second kappa shape index (κ2) is 8.96. The zero-order chi connectivity index (χ0) is 21.0. The summed E-state index contributed by atoms with van der Waals surface area (Å²) in [5, 5.41) is 0.467. The highest BCUT2D eigenvalue weighted by atomic mass is 16.5. The maximum atomic E-state index is 12.6. The molecule has 1 aromatic heterocycles. The van der Waals surface area contributed by atoms with Crippen molar-refractivity contribution in [3.05, 3.63) is 57.6 Å². The lowest BCUT2D eigenvalue weighted by molar-refractivity contribution is 0.259. The molecule has 0 fully saturated rings. The van der Waals surface area contributed by atoms with Gasteiger partial charge >= 0.3 is 0 Å². The van der Waals surface area contributed by atoms with Gasteiger partial charge in [-0.2, -0.15) is 0 Å². The second-order valence-electron chi connectivity index (χ2n) is 6.86. The summed E-state index contributed by atoms with van der Waals surface area (Å²) in [6, 6.07) is 9.51. The lowest BCUT2D eigenvalue weighted by Gasteiger charge is -2.21. The predicted octanol–water partition coefficient (Wildman–Crippen LogP) is 3.28. The number of rotatable bonds is 8. The smallest absolute Gasteiger partial charge is 0.258 e. The standard InChI is InChI=1S/C22H27N3O4/c1-6-25(12-15-9-14(2)7-8-18(15)27-3)13-21-23-17-11-20(29-5)19(28-4)10-16(17)22(26)24-21/h7-11H,6,12-13H2,1-5H3,(H,23,24,26). The van der Waals surface area contributed by atoms with Crippen LogP contribution in [0.2, 0.25) is 0 Å². The van der Waals surface area contributed by atoms with Gasteiger partial charge in [-0.25, -0.2) is 4.98 Å². The molecular weight excluding hydrogens is 370 g/mol. The topological polar surface area (TPSA) is 76.7 Å². The Balaban J connectivity index is 1.91. The largest absolute Gasteiger partial charge is 0.496 e. The van der Waals surface area contributed by atoms with Crippen LogP contribution >= 0.6 is 0 Å². The molecule has 29 heavy (non-hydrogen) atoms. The first-order chi connectivity index (χ1) is 14.0. The average molecular weight is 397 g/mol. The molecule has 3 rings (SSSR count). The van der Waals surface area contributed by atoms with Crippen LogP contribution in [-0.2, 0) is 13.1 Å². The number of benzene rings is 2. The fourth-order valence-electron chi connectivity index (χ4n) is 3.35. The van der Waals surface area contributed by atoms with Gasteiger partial charge in [0.05, 0.1) is 38.8 Å². The predicted molar refractivity (Wildman–Crippen MR) is 113 cm³/mol. The maximum Gasteiger partial charge on any atom is 0.258 e. The fourth-order valence-corrected chi connectivity index (χ4v) is 3.35. The van der Waals surface area contributed by atoms with E-state index < -0.39 is 0 Å². The first kappa shape index (κ1) is 20.7. The number of nitrogens with zero attached hydrogens (tertiary/aromatic N) is 2. The zero-order valence-electron chi connectivity index (χ0n) is 17.5. The molecule has 0 radical (unpaired) electrons. The van der Waals surface area contributed by atoms with E-state index in [0.717, 1.165) is 17.9 Å². The second-order valence-corrected chi connectivity index (χ2v) is 6.86. The zero-order valence-corrected chi connectivity index (χ0v) is 17.5. The number of aromatic amines is 1. The van der Waals surface area contributed by atoms with Gasteiger partial charge in [-0.1, -0.05) is 24.6 Å². The number of aryl methyl sites for hydroxylation is 1. The summed E-state index contributed by atoms with van der Waals surface area (Å²) in [6.45, 7) is 6.13. The maximum absolute atomic E-state index is 12.6. The van der Waals surface area contributed by atoms with Crippen molar-refractivity contribution in [1.29, 1.82) is 0 Å². The highest BCUT2D eigenvalue weighted by molar-refractivity contribution is 5.81. The Hall–Kier alpha value is -3.06. The van der Waals surface area contributed by atoms with Gasteiger partial charge in [0.25, 0.3) is 5.56 Å². The van der Waals surface area contributed by atoms with Crippen molar-refractivity contribution in [3.63, 3.8) is 0 Å². The van der Waals surface area contributed by atoms with Gasteiger partial charge in [0.2, 0.25) is 0 Å². The van der Waals surface area contributed by atoms with Crippen LogP contribution in [0.25, 0.3) is 10.9 Å². The van der Waals surface area contributed by atoms with Gasteiger partial charge in [0.1, 0.15) is 11.6 Å². The van der Waals surface area contributed by atoms with Gasteiger partial charge < -0.3 is 19.2 Å². The molecule has 3 aromatic rings. The average Bonchev–Trinajstić information content (AvgIpc) is 2.72. The Bertz CT molecular complexity index is 1060. The summed E-state index contributed by atoms with van der Waals surface area (Å²) in [5.41, 5.74) is 2.65. The first-order valence-electron chi connectivity index (χ1n) is 9.49. The van der Waals surface area contributed by atoms with Crippen molar-refractivity contribution < 1.29 is 14.2 Å². The van der Waals surface area contributed by atoms with Crippen LogP contribution in [0.3, 0.4) is 0 Å². The number of ether oxygens (including phenoxy) is 3. The summed E-state index contributed by atoms with van der Waals surface area (Å²) in [5.74, 6) is 2.50. The van der Waals surface area contributed by atoms with Crippen LogP contribution in [0.5, 0.6) is 17.2 Å². The SMILES string of the molecule is CCN(Cc1nc2cc(OC)c(OC)cc2c(=O)[nH]1)Cc1cc(C)ccc1OC. The van der Waals surface area contributed by atoms with E-state index in [4.69, 9.17) is 14.2 Å². The van der Waals surface area contributed by atoms with Crippen molar-refractivity contribution in [3.8, 4) is 17.2 Å². The van der Waals surface area contributed by atoms with Gasteiger partial charge in [-0.3, -0.25) is 9.69 Å². The van der Waals surface area contributed by atoms with Crippen LogP contribution in [0.4, 0.5) is 0 Å². The number of methoxy groups -OCH3 is 3. The Labute approximate surface area is 170 Å². The van der Waals surface area contributed by atoms with E-state index in [-0.39, 0.29) is 5.56 Å². The van der Waals surface area contributed by atoms with Crippen molar-refractivity contribution in [2.45, 2.75) is 26.9 Å². The van der Waals surface area contributed by atoms with Crippen molar-refractivity contribution in [1.82, 2.24) is 14.9 Å². The van der Waals surface area contributed by atoms with Gasteiger partial charge in [-0.05, 0) is 25.6 Å². The van der Waals surface area contributed by atoms with E-state index in [1.165, 1.54) is 5.56 Å². The fraction of sp³-hybridized carbons (Fsp3) is 0.364. The number of aromatic nitrogens is 2. The molecule has 0 bridgehead atoms. The van der Waals surface area contributed by atoms with Crippen LogP contribution in [0.1, 0.15) is 23.9 Å². The molecule has 0 aliphatic carbocycles. The molecule has 0 saturated carbocycles. The van der Waals surface area contributed by atoms with E-state index in [0.29, 0.717) is 41.3 Å². The summed E-state index contributed by atoms with van der Waals surface area (Å²) < 4.78 is 16.1. The molecule has 0 aliphatic heterocycles. The molecule has 1 heterocycles. The highest BCUT2D eigenvalue weighted by Gasteiger charge is 2.14. The van der Waals surface area contributed by atoms with E-state index in [9.17, 15) is 4.79 Å². The Morgan fingerprint density at radius 2 is 1.66 bits per heavy atom. The molecule has 0 spiro atoms. The summed E-state index contributed by atoms with van der Waals surface area (Å²) >= 11 is 0. The first-order valence-corrected chi connectivity index (χ1v) is 9.49. The number of hydrogen-bond acceptors (Lipinski definition) is 6. The van der Waals surface area contributed by atoms with Crippen molar-refractivity contribution >= 4 is 10.9 Å². The van der Waals surface area contributed by atoms with Crippen molar-refractivity contribution in [2.75, 3.05) is 27.9 Å². The lowest BCUT2D eigenvalue weighted by Crippen LogP contribution is -2.25. The molecule has 0 aliphatic rings. The van der Waals surface area contributed by atoms with E-state index >= 15 is 0 Å². The Kier molecular flexibility index (Phi) is 6.39. The third-order valence-corrected chi connectivity index (χ3v) is 4.91. The number of hydrogen-bond donors (Lipinski definition) is 1. The summed E-state index contributed by atoms with van der Waals surface area (Å²) in [4.78, 5) is 22.3. The molecule has 1 N–H and O–H groups in total. The number of H-pyrrole nitrogens is 1. The lowest BCUT2D eigenvalue weighted by atomic mass is 10.1. The van der Waals surface area contributed by atoms with E-state index in [2.05, 4.69) is 34.8 Å². The quantitative estimate of drug-likeness (QED) is 0.629. The van der Waals surface area contributed by atoms with Gasteiger partial charge in [0.15, 0.2) is 11.5 Å². The molecule has 154 valence electrons. The van der Waals surface area contributed by atoms with Crippen molar-refractivity contribution in [2.24, 2.45) is 0 Å². The molecule has 7 nitrogen and oxygen atoms in total. The van der Waals surface area contributed by atoms with E-state index in [1.807, 2.05) is 12.1 Å². The van der Waals surface area contributed by atoms with Gasteiger partial charge in [-0.15, -0.1) is 0 Å². The molecule has 0 atom stereocenters. The molecule has 7 heteroatoms. The minimum Gasteiger partial charge on any atom is -0.496 e. The number of fused-ring (bicyclic) bond motifs is 1. The molecule has 0 saturated heterocycles. The molecule has 2 aromatic carbocycles. The normalized spacial score (nSPS) is 11.1.